The molecule has 1 heterocycles. The van der Waals surface area contributed by atoms with E-state index in [2.05, 4.69) is 4.74 Å². The lowest BCUT2D eigenvalue weighted by Crippen LogP contribution is -2.27. The van der Waals surface area contributed by atoms with Gasteiger partial charge in [-0.1, -0.05) is 6.92 Å². The standard InChI is InChI=1S/C19H19F7O2/c1-11-2-3-17(27-10-11)12(4-5-20)6-13(21)9-19(25,26)28-14-7-15(22)18(24)16(23)8-14/h4,6-8,11,17H,2-3,5,9-10H2,1H3/b12-4+,13-6+. The highest BCUT2D eigenvalue weighted by Crippen LogP contribution is 2.31. The van der Waals surface area contributed by atoms with Crippen molar-refractivity contribution in [3.8, 4) is 5.75 Å². The largest absolute Gasteiger partial charge is 0.432 e. The first-order valence-corrected chi connectivity index (χ1v) is 8.56. The third-order valence-electron chi connectivity index (χ3n) is 4.11. The summed E-state index contributed by atoms with van der Waals surface area (Å²) in [6.07, 6.45) is -3.36. The first kappa shape index (κ1) is 22.3. The van der Waals surface area contributed by atoms with Gasteiger partial charge in [-0.15, -0.1) is 0 Å². The van der Waals surface area contributed by atoms with Crippen molar-refractivity contribution in [3.63, 3.8) is 0 Å². The molecule has 0 spiro atoms. The van der Waals surface area contributed by atoms with Crippen LogP contribution in [0.15, 0.2) is 35.7 Å². The Morgan fingerprint density at radius 2 is 1.86 bits per heavy atom. The summed E-state index contributed by atoms with van der Waals surface area (Å²) < 4.78 is 103. The smallest absolute Gasteiger partial charge is 0.404 e. The Morgan fingerprint density at radius 1 is 1.21 bits per heavy atom. The fraction of sp³-hybridized carbons (Fsp3) is 0.474. The molecule has 9 heteroatoms. The number of hydrogen-bond acceptors (Lipinski definition) is 2. The number of rotatable bonds is 7. The molecule has 1 fully saturated rings. The maximum Gasteiger partial charge on any atom is 0.404 e. The first-order chi connectivity index (χ1) is 13.1. The zero-order valence-electron chi connectivity index (χ0n) is 15.0. The highest BCUT2D eigenvalue weighted by molar-refractivity contribution is 5.27. The predicted octanol–water partition coefficient (Wildman–Crippen LogP) is 6.03. The minimum absolute atomic E-state index is 0.0848. The number of hydrogen-bond donors (Lipinski definition) is 0. The lowest BCUT2D eigenvalue weighted by molar-refractivity contribution is -0.176. The van der Waals surface area contributed by atoms with Crippen LogP contribution in [0.4, 0.5) is 30.7 Å². The molecule has 1 aromatic carbocycles. The molecular formula is C19H19F7O2. The fourth-order valence-electron chi connectivity index (χ4n) is 2.75. The van der Waals surface area contributed by atoms with Gasteiger partial charge >= 0.3 is 6.11 Å². The molecule has 0 aromatic heterocycles. The molecule has 0 aliphatic carbocycles. The van der Waals surface area contributed by atoms with Crippen LogP contribution in [0.25, 0.3) is 0 Å². The van der Waals surface area contributed by atoms with Crippen molar-refractivity contribution in [3.05, 3.63) is 53.1 Å². The highest BCUT2D eigenvalue weighted by atomic mass is 19.3. The van der Waals surface area contributed by atoms with Crippen LogP contribution in [0.2, 0.25) is 0 Å². The molecule has 1 aromatic rings. The van der Waals surface area contributed by atoms with E-state index in [4.69, 9.17) is 4.74 Å². The number of halogens is 7. The molecule has 2 nitrogen and oxygen atoms in total. The number of allylic oxidation sites excluding steroid dienone is 1. The summed E-state index contributed by atoms with van der Waals surface area (Å²) in [5.74, 6) is -7.35. The van der Waals surface area contributed by atoms with Gasteiger partial charge in [-0.2, -0.15) is 8.78 Å². The molecule has 1 aliphatic rings. The van der Waals surface area contributed by atoms with Gasteiger partial charge in [-0.05, 0) is 36.5 Å². The van der Waals surface area contributed by atoms with E-state index >= 15 is 0 Å². The Bertz CT molecular complexity index is 715. The van der Waals surface area contributed by atoms with Crippen molar-refractivity contribution in [2.75, 3.05) is 13.3 Å². The van der Waals surface area contributed by atoms with Gasteiger partial charge in [0.2, 0.25) is 0 Å². The zero-order chi connectivity index (χ0) is 20.9. The lowest BCUT2D eigenvalue weighted by Gasteiger charge is -2.28. The lowest BCUT2D eigenvalue weighted by atomic mass is 9.95. The third-order valence-corrected chi connectivity index (χ3v) is 4.11. The minimum atomic E-state index is -4.18. The van der Waals surface area contributed by atoms with Crippen LogP contribution in [-0.2, 0) is 4.74 Å². The second-order valence-corrected chi connectivity index (χ2v) is 6.57. The van der Waals surface area contributed by atoms with Crippen LogP contribution in [-0.4, -0.2) is 25.5 Å². The molecule has 0 amide bonds. The second kappa shape index (κ2) is 9.45. The molecule has 2 unspecified atom stereocenters. The average molecular weight is 412 g/mol. The van der Waals surface area contributed by atoms with E-state index in [0.717, 1.165) is 18.6 Å². The number of alkyl halides is 3. The molecular weight excluding hydrogens is 393 g/mol. The van der Waals surface area contributed by atoms with Crippen molar-refractivity contribution >= 4 is 0 Å². The number of ether oxygens (including phenoxy) is 2. The molecule has 156 valence electrons. The highest BCUT2D eigenvalue weighted by Gasteiger charge is 2.34. The quantitative estimate of drug-likeness (QED) is 0.309. The molecule has 0 N–H and O–H groups in total. The summed E-state index contributed by atoms with van der Waals surface area (Å²) in [6, 6.07) is 0.443. The fourth-order valence-corrected chi connectivity index (χ4v) is 2.75. The summed E-state index contributed by atoms with van der Waals surface area (Å²) in [7, 11) is 0. The summed E-state index contributed by atoms with van der Waals surface area (Å²) in [4.78, 5) is 0. The van der Waals surface area contributed by atoms with E-state index < -0.39 is 54.3 Å². The summed E-state index contributed by atoms with van der Waals surface area (Å²) in [5, 5.41) is 0. The SMILES string of the molecule is CC1CCC(C(/C=C(/F)CC(F)(F)Oc2cc(F)c(F)c(F)c2)=C/CF)OC1. The van der Waals surface area contributed by atoms with Crippen LogP contribution in [0, 0.1) is 23.4 Å². The monoisotopic (exact) mass is 412 g/mol. The molecule has 0 radical (unpaired) electrons. The van der Waals surface area contributed by atoms with Crippen LogP contribution in [0.1, 0.15) is 26.2 Å². The summed E-state index contributed by atoms with van der Waals surface area (Å²) >= 11 is 0. The maximum absolute atomic E-state index is 14.1. The van der Waals surface area contributed by atoms with E-state index in [0.29, 0.717) is 13.0 Å². The molecule has 1 aliphatic heterocycles. The summed E-state index contributed by atoms with van der Waals surface area (Å²) in [5.41, 5.74) is 0.0848. The van der Waals surface area contributed by atoms with E-state index in [1.165, 1.54) is 0 Å². The molecule has 0 saturated carbocycles. The van der Waals surface area contributed by atoms with Gasteiger partial charge in [0.1, 0.15) is 24.7 Å². The Balaban J connectivity index is 2.09. The first-order valence-electron chi connectivity index (χ1n) is 8.56. The number of benzene rings is 1. The normalized spacial score (nSPS) is 21.7. The van der Waals surface area contributed by atoms with Gasteiger partial charge in [0.25, 0.3) is 0 Å². The van der Waals surface area contributed by atoms with Crippen LogP contribution >= 0.6 is 0 Å². The predicted molar refractivity (Wildman–Crippen MR) is 87.9 cm³/mol. The van der Waals surface area contributed by atoms with Crippen molar-refractivity contribution < 1.29 is 40.2 Å². The van der Waals surface area contributed by atoms with Gasteiger partial charge in [0.15, 0.2) is 17.5 Å². The van der Waals surface area contributed by atoms with Crippen LogP contribution in [0.5, 0.6) is 5.75 Å². The van der Waals surface area contributed by atoms with E-state index in [-0.39, 0.29) is 23.6 Å². The Kier molecular flexibility index (Phi) is 7.51. The van der Waals surface area contributed by atoms with Crippen molar-refractivity contribution in [2.45, 2.75) is 38.4 Å². The van der Waals surface area contributed by atoms with Gasteiger partial charge in [-0.25, -0.2) is 22.0 Å². The Labute approximate surface area is 157 Å². The van der Waals surface area contributed by atoms with Gasteiger partial charge in [0, 0.05) is 18.7 Å². The third kappa shape index (κ3) is 6.25. The molecule has 1 saturated heterocycles. The second-order valence-electron chi connectivity index (χ2n) is 6.57. The minimum Gasteiger partial charge on any atom is -0.432 e. The van der Waals surface area contributed by atoms with Crippen molar-refractivity contribution in [1.82, 2.24) is 0 Å². The zero-order valence-corrected chi connectivity index (χ0v) is 15.0. The van der Waals surface area contributed by atoms with Crippen LogP contribution < -0.4 is 4.74 Å². The van der Waals surface area contributed by atoms with Crippen molar-refractivity contribution in [1.29, 1.82) is 0 Å². The molecule has 2 rings (SSSR count). The van der Waals surface area contributed by atoms with E-state index in [1.807, 2.05) is 6.92 Å². The van der Waals surface area contributed by atoms with Crippen molar-refractivity contribution in [2.24, 2.45) is 5.92 Å². The van der Waals surface area contributed by atoms with E-state index in [1.54, 1.807) is 0 Å². The summed E-state index contributed by atoms with van der Waals surface area (Å²) in [6.45, 7) is 1.39. The average Bonchev–Trinajstić information content (AvgIpc) is 2.59. The topological polar surface area (TPSA) is 18.5 Å². The Morgan fingerprint density at radius 3 is 2.39 bits per heavy atom. The maximum atomic E-state index is 14.1. The van der Waals surface area contributed by atoms with Gasteiger partial charge < -0.3 is 9.47 Å². The molecule has 28 heavy (non-hydrogen) atoms. The van der Waals surface area contributed by atoms with Gasteiger partial charge in [-0.3, -0.25) is 0 Å². The Hall–Kier alpha value is -2.03. The van der Waals surface area contributed by atoms with E-state index in [9.17, 15) is 30.7 Å². The van der Waals surface area contributed by atoms with Crippen LogP contribution in [0.3, 0.4) is 0 Å². The molecule has 0 bridgehead atoms. The molecule has 2 atom stereocenters. The van der Waals surface area contributed by atoms with Gasteiger partial charge in [0.05, 0.1) is 6.10 Å².